The molecule has 1 aromatic heterocycles. The molecule has 1 N–H and O–H groups in total. The van der Waals surface area contributed by atoms with Crippen LogP contribution in [0.1, 0.15) is 17.4 Å². The number of pyridine rings is 1. The van der Waals surface area contributed by atoms with Crippen LogP contribution >= 0.6 is 24.0 Å². The zero-order chi connectivity index (χ0) is 11.5. The third-order valence-corrected chi connectivity index (χ3v) is 2.83. The number of halogens is 2. The predicted molar refractivity (Wildman–Crippen MR) is 69.9 cm³/mol. The first kappa shape index (κ1) is 14.2. The van der Waals surface area contributed by atoms with Gasteiger partial charge in [0.15, 0.2) is 0 Å². The lowest BCUT2D eigenvalue weighted by Crippen LogP contribution is -2.51. The van der Waals surface area contributed by atoms with E-state index in [2.05, 4.69) is 17.2 Å². The zero-order valence-electron chi connectivity index (χ0n) is 9.52. The molecule has 0 aliphatic carbocycles. The van der Waals surface area contributed by atoms with Gasteiger partial charge in [-0.1, -0.05) is 11.6 Å². The second kappa shape index (κ2) is 6.19. The van der Waals surface area contributed by atoms with Gasteiger partial charge in [-0.05, 0) is 19.1 Å². The maximum atomic E-state index is 12.1. The summed E-state index contributed by atoms with van der Waals surface area (Å²) in [6, 6.07) is 3.60. The molecule has 2 heterocycles. The van der Waals surface area contributed by atoms with Gasteiger partial charge in [0.2, 0.25) is 0 Å². The Labute approximate surface area is 112 Å². The van der Waals surface area contributed by atoms with Crippen LogP contribution in [0.2, 0.25) is 5.02 Å². The van der Waals surface area contributed by atoms with Gasteiger partial charge < -0.3 is 10.2 Å². The Bertz CT molecular complexity index is 400. The number of piperazine rings is 1. The summed E-state index contributed by atoms with van der Waals surface area (Å²) in [6.07, 6.45) is 1.56. The van der Waals surface area contributed by atoms with Crippen molar-refractivity contribution in [2.45, 2.75) is 13.0 Å². The van der Waals surface area contributed by atoms with E-state index in [1.807, 2.05) is 0 Å². The topological polar surface area (TPSA) is 45.2 Å². The molecule has 17 heavy (non-hydrogen) atoms. The highest BCUT2D eigenvalue weighted by atomic mass is 35.5. The standard InChI is InChI=1S/C11H14ClN3O.ClH/c1-8-7-15(5-4-13-8)11(16)10-6-9(12)2-3-14-10;/h2-3,6,8,13H,4-5,7H2,1H3;1H/t8-;/m1./s1. The van der Waals surface area contributed by atoms with Crippen LogP contribution in [0.15, 0.2) is 18.3 Å². The van der Waals surface area contributed by atoms with E-state index in [4.69, 9.17) is 11.6 Å². The van der Waals surface area contributed by atoms with Crippen LogP contribution in [-0.4, -0.2) is 41.5 Å². The smallest absolute Gasteiger partial charge is 0.272 e. The number of carbonyl (C=O) groups is 1. The fourth-order valence-corrected chi connectivity index (χ4v) is 1.96. The number of aromatic nitrogens is 1. The van der Waals surface area contributed by atoms with Gasteiger partial charge >= 0.3 is 0 Å². The molecule has 0 aromatic carbocycles. The number of amides is 1. The van der Waals surface area contributed by atoms with E-state index in [9.17, 15) is 4.79 Å². The summed E-state index contributed by atoms with van der Waals surface area (Å²) >= 11 is 5.83. The van der Waals surface area contributed by atoms with E-state index in [0.29, 0.717) is 23.3 Å². The summed E-state index contributed by atoms with van der Waals surface area (Å²) in [5, 5.41) is 3.83. The lowest BCUT2D eigenvalue weighted by molar-refractivity contribution is 0.0703. The molecule has 0 unspecified atom stereocenters. The fourth-order valence-electron chi connectivity index (χ4n) is 1.80. The molecular formula is C11H15Cl2N3O. The molecule has 6 heteroatoms. The normalized spacial score (nSPS) is 19.6. The van der Waals surface area contributed by atoms with Crippen molar-refractivity contribution in [3.05, 3.63) is 29.0 Å². The number of nitrogens with one attached hydrogen (secondary N) is 1. The third-order valence-electron chi connectivity index (χ3n) is 2.60. The van der Waals surface area contributed by atoms with Crippen molar-refractivity contribution in [3.63, 3.8) is 0 Å². The van der Waals surface area contributed by atoms with Gasteiger partial charge in [0.05, 0.1) is 0 Å². The van der Waals surface area contributed by atoms with Gasteiger partial charge in [-0.15, -0.1) is 12.4 Å². The van der Waals surface area contributed by atoms with Crippen molar-refractivity contribution in [1.29, 1.82) is 0 Å². The average molecular weight is 276 g/mol. The highest BCUT2D eigenvalue weighted by Gasteiger charge is 2.22. The molecular weight excluding hydrogens is 261 g/mol. The number of hydrogen-bond acceptors (Lipinski definition) is 3. The Balaban J connectivity index is 0.00000144. The largest absolute Gasteiger partial charge is 0.334 e. The molecule has 1 saturated heterocycles. The van der Waals surface area contributed by atoms with Gasteiger partial charge in [0.1, 0.15) is 5.69 Å². The fraction of sp³-hybridized carbons (Fsp3) is 0.455. The van der Waals surface area contributed by atoms with E-state index in [0.717, 1.165) is 13.1 Å². The molecule has 0 spiro atoms. The molecule has 1 fully saturated rings. The molecule has 1 atom stereocenters. The van der Waals surface area contributed by atoms with Gasteiger partial charge in [-0.2, -0.15) is 0 Å². The van der Waals surface area contributed by atoms with E-state index in [1.54, 1.807) is 23.2 Å². The van der Waals surface area contributed by atoms with Crippen LogP contribution in [0.3, 0.4) is 0 Å². The second-order valence-electron chi connectivity index (χ2n) is 3.97. The van der Waals surface area contributed by atoms with Crippen LogP contribution in [0.4, 0.5) is 0 Å². The van der Waals surface area contributed by atoms with Gasteiger partial charge in [-0.3, -0.25) is 9.78 Å². The average Bonchev–Trinajstić information content (AvgIpc) is 2.28. The van der Waals surface area contributed by atoms with Crippen molar-refractivity contribution in [2.24, 2.45) is 0 Å². The first-order chi connectivity index (χ1) is 7.66. The summed E-state index contributed by atoms with van der Waals surface area (Å²) < 4.78 is 0. The van der Waals surface area contributed by atoms with E-state index < -0.39 is 0 Å². The number of carbonyl (C=O) groups excluding carboxylic acids is 1. The van der Waals surface area contributed by atoms with Crippen molar-refractivity contribution < 1.29 is 4.79 Å². The van der Waals surface area contributed by atoms with Crippen LogP contribution in [0.5, 0.6) is 0 Å². The quantitative estimate of drug-likeness (QED) is 0.847. The molecule has 94 valence electrons. The van der Waals surface area contributed by atoms with Gasteiger partial charge in [0.25, 0.3) is 5.91 Å². The molecule has 0 radical (unpaired) electrons. The summed E-state index contributed by atoms with van der Waals surface area (Å²) in [4.78, 5) is 17.9. The molecule has 1 aromatic rings. The Kier molecular flexibility index (Phi) is 5.18. The van der Waals surface area contributed by atoms with E-state index in [-0.39, 0.29) is 18.3 Å². The minimum absolute atomic E-state index is 0. The molecule has 2 rings (SSSR count). The number of rotatable bonds is 1. The van der Waals surface area contributed by atoms with Crippen molar-refractivity contribution in [2.75, 3.05) is 19.6 Å². The molecule has 4 nitrogen and oxygen atoms in total. The highest BCUT2D eigenvalue weighted by Crippen LogP contribution is 2.11. The van der Waals surface area contributed by atoms with Crippen LogP contribution in [-0.2, 0) is 0 Å². The summed E-state index contributed by atoms with van der Waals surface area (Å²) in [5.74, 6) is -0.0455. The Morgan fingerprint density at radius 3 is 3.06 bits per heavy atom. The predicted octanol–water partition coefficient (Wildman–Crippen LogP) is 1.59. The Hall–Kier alpha value is -0.840. The molecule has 0 saturated carbocycles. The minimum Gasteiger partial charge on any atom is -0.334 e. The maximum Gasteiger partial charge on any atom is 0.272 e. The summed E-state index contributed by atoms with van der Waals surface area (Å²) in [5.41, 5.74) is 0.418. The van der Waals surface area contributed by atoms with Crippen LogP contribution in [0, 0.1) is 0 Å². The third kappa shape index (κ3) is 3.56. The first-order valence-electron chi connectivity index (χ1n) is 5.31. The van der Waals surface area contributed by atoms with Crippen LogP contribution < -0.4 is 5.32 Å². The molecule has 1 amide bonds. The second-order valence-corrected chi connectivity index (χ2v) is 4.40. The molecule has 1 aliphatic rings. The number of hydrogen-bond donors (Lipinski definition) is 1. The van der Waals surface area contributed by atoms with Gasteiger partial charge in [0, 0.05) is 36.9 Å². The Morgan fingerprint density at radius 1 is 1.65 bits per heavy atom. The minimum atomic E-state index is -0.0455. The lowest BCUT2D eigenvalue weighted by atomic mass is 10.2. The lowest BCUT2D eigenvalue weighted by Gasteiger charge is -2.31. The monoisotopic (exact) mass is 275 g/mol. The zero-order valence-corrected chi connectivity index (χ0v) is 11.1. The van der Waals surface area contributed by atoms with Gasteiger partial charge in [-0.25, -0.2) is 0 Å². The summed E-state index contributed by atoms with van der Waals surface area (Å²) in [6.45, 7) is 4.32. The van der Waals surface area contributed by atoms with E-state index >= 15 is 0 Å². The molecule has 1 aliphatic heterocycles. The Morgan fingerprint density at radius 2 is 2.41 bits per heavy atom. The van der Waals surface area contributed by atoms with E-state index in [1.165, 1.54) is 0 Å². The molecule has 0 bridgehead atoms. The summed E-state index contributed by atoms with van der Waals surface area (Å²) in [7, 11) is 0. The maximum absolute atomic E-state index is 12.1. The SMILES string of the molecule is C[C@@H]1CN(C(=O)c2cc(Cl)ccn2)CCN1.Cl. The van der Waals surface area contributed by atoms with Crippen LogP contribution in [0.25, 0.3) is 0 Å². The van der Waals surface area contributed by atoms with Crippen molar-refractivity contribution >= 4 is 29.9 Å². The van der Waals surface area contributed by atoms with Crippen molar-refractivity contribution in [3.8, 4) is 0 Å². The highest BCUT2D eigenvalue weighted by molar-refractivity contribution is 6.30. The first-order valence-corrected chi connectivity index (χ1v) is 5.69. The number of nitrogens with zero attached hydrogens (tertiary/aromatic N) is 2. The van der Waals surface area contributed by atoms with Crippen molar-refractivity contribution in [1.82, 2.24) is 15.2 Å².